The number of morpholine rings is 1. The standard InChI is InChI=1S/C16H22N2O3/c1-12-5-3-4-6-14(12)16(20)17-8-7-15(19)18-9-10-21-13(2)11-18/h3-6,13H,7-11H2,1-2H3,(H,17,20). The van der Waals surface area contributed by atoms with E-state index in [2.05, 4.69) is 5.32 Å². The van der Waals surface area contributed by atoms with Crippen LogP contribution >= 0.6 is 0 Å². The molecular formula is C16H22N2O3. The summed E-state index contributed by atoms with van der Waals surface area (Å²) in [6, 6.07) is 7.42. The summed E-state index contributed by atoms with van der Waals surface area (Å²) in [5.74, 6) is -0.0634. The van der Waals surface area contributed by atoms with Crippen molar-refractivity contribution in [2.45, 2.75) is 26.4 Å². The van der Waals surface area contributed by atoms with Crippen LogP contribution in [0.5, 0.6) is 0 Å². The fourth-order valence-corrected chi connectivity index (χ4v) is 2.41. The molecule has 1 N–H and O–H groups in total. The highest BCUT2D eigenvalue weighted by Gasteiger charge is 2.21. The molecule has 0 aromatic heterocycles. The predicted molar refractivity (Wildman–Crippen MR) is 80.1 cm³/mol. The summed E-state index contributed by atoms with van der Waals surface area (Å²) in [6.45, 7) is 6.06. The zero-order valence-electron chi connectivity index (χ0n) is 12.6. The van der Waals surface area contributed by atoms with E-state index in [9.17, 15) is 9.59 Å². The average molecular weight is 290 g/mol. The topological polar surface area (TPSA) is 58.6 Å². The summed E-state index contributed by atoms with van der Waals surface area (Å²) in [4.78, 5) is 25.9. The molecule has 0 radical (unpaired) electrons. The highest BCUT2D eigenvalue weighted by Crippen LogP contribution is 2.07. The van der Waals surface area contributed by atoms with E-state index in [-0.39, 0.29) is 17.9 Å². The third kappa shape index (κ3) is 4.29. The first-order valence-corrected chi connectivity index (χ1v) is 7.31. The smallest absolute Gasteiger partial charge is 0.251 e. The molecule has 1 aromatic carbocycles. The molecule has 1 heterocycles. The molecule has 1 fully saturated rings. The van der Waals surface area contributed by atoms with Crippen molar-refractivity contribution < 1.29 is 14.3 Å². The molecule has 2 amide bonds. The second-order valence-corrected chi connectivity index (χ2v) is 5.34. The minimum Gasteiger partial charge on any atom is -0.375 e. The van der Waals surface area contributed by atoms with Gasteiger partial charge in [-0.1, -0.05) is 18.2 Å². The fraction of sp³-hybridized carbons (Fsp3) is 0.500. The normalized spacial score (nSPS) is 18.4. The van der Waals surface area contributed by atoms with Gasteiger partial charge in [0, 0.05) is 31.6 Å². The number of amides is 2. The number of aryl methyl sites for hydroxylation is 1. The summed E-state index contributed by atoms with van der Waals surface area (Å²) < 4.78 is 5.41. The van der Waals surface area contributed by atoms with Crippen LogP contribution < -0.4 is 5.32 Å². The second-order valence-electron chi connectivity index (χ2n) is 5.34. The zero-order valence-corrected chi connectivity index (χ0v) is 12.6. The van der Waals surface area contributed by atoms with Crippen molar-refractivity contribution in [2.24, 2.45) is 0 Å². The van der Waals surface area contributed by atoms with Gasteiger partial charge in [-0.15, -0.1) is 0 Å². The number of nitrogens with one attached hydrogen (secondary N) is 1. The molecule has 1 saturated heterocycles. The largest absolute Gasteiger partial charge is 0.375 e. The highest BCUT2D eigenvalue weighted by molar-refractivity contribution is 5.95. The van der Waals surface area contributed by atoms with E-state index >= 15 is 0 Å². The molecule has 1 aliphatic heterocycles. The van der Waals surface area contributed by atoms with Gasteiger partial charge in [-0.05, 0) is 25.5 Å². The molecule has 1 unspecified atom stereocenters. The number of benzene rings is 1. The molecule has 0 spiro atoms. The van der Waals surface area contributed by atoms with Gasteiger partial charge in [-0.2, -0.15) is 0 Å². The van der Waals surface area contributed by atoms with E-state index in [0.29, 0.717) is 38.2 Å². The summed E-state index contributed by atoms with van der Waals surface area (Å²) in [7, 11) is 0. The van der Waals surface area contributed by atoms with Gasteiger partial charge in [0.05, 0.1) is 12.7 Å². The maximum atomic E-state index is 12.0. The molecule has 1 aromatic rings. The van der Waals surface area contributed by atoms with Crippen LogP contribution in [-0.4, -0.2) is 49.1 Å². The van der Waals surface area contributed by atoms with Gasteiger partial charge >= 0.3 is 0 Å². The molecule has 21 heavy (non-hydrogen) atoms. The Bertz CT molecular complexity index is 516. The lowest BCUT2D eigenvalue weighted by molar-refractivity contribution is -0.137. The van der Waals surface area contributed by atoms with Gasteiger partial charge < -0.3 is 15.0 Å². The average Bonchev–Trinajstić information content (AvgIpc) is 2.47. The van der Waals surface area contributed by atoms with Crippen LogP contribution in [0.25, 0.3) is 0 Å². The van der Waals surface area contributed by atoms with Crippen molar-refractivity contribution in [3.05, 3.63) is 35.4 Å². The molecule has 5 nitrogen and oxygen atoms in total. The van der Waals surface area contributed by atoms with Gasteiger partial charge in [-0.3, -0.25) is 9.59 Å². The number of nitrogens with zero attached hydrogens (tertiary/aromatic N) is 1. The minimum absolute atomic E-state index is 0.0650. The second kappa shape index (κ2) is 7.22. The molecule has 114 valence electrons. The SMILES string of the molecule is Cc1ccccc1C(=O)NCCC(=O)N1CCOC(C)C1. The van der Waals surface area contributed by atoms with Crippen LogP contribution in [0.3, 0.4) is 0 Å². The van der Waals surface area contributed by atoms with Crippen molar-refractivity contribution in [3.63, 3.8) is 0 Å². The summed E-state index contributed by atoms with van der Waals surface area (Å²) in [5.41, 5.74) is 1.59. The van der Waals surface area contributed by atoms with Crippen molar-refractivity contribution >= 4 is 11.8 Å². The first kappa shape index (κ1) is 15.5. The Morgan fingerprint density at radius 2 is 2.14 bits per heavy atom. The van der Waals surface area contributed by atoms with Gasteiger partial charge in [0.1, 0.15) is 0 Å². The van der Waals surface area contributed by atoms with Crippen LogP contribution in [0.1, 0.15) is 29.3 Å². The maximum Gasteiger partial charge on any atom is 0.251 e. The monoisotopic (exact) mass is 290 g/mol. The number of carbonyl (C=O) groups excluding carboxylic acids is 2. The number of ether oxygens (including phenoxy) is 1. The van der Waals surface area contributed by atoms with Crippen molar-refractivity contribution in [1.29, 1.82) is 0 Å². The molecule has 1 aliphatic rings. The van der Waals surface area contributed by atoms with Crippen LogP contribution in [0.2, 0.25) is 0 Å². The third-order valence-corrected chi connectivity index (χ3v) is 3.61. The Morgan fingerprint density at radius 1 is 1.38 bits per heavy atom. The van der Waals surface area contributed by atoms with Crippen molar-refractivity contribution in [3.8, 4) is 0 Å². The molecule has 5 heteroatoms. The molecule has 0 bridgehead atoms. The summed E-state index contributed by atoms with van der Waals surface area (Å²) >= 11 is 0. The minimum atomic E-state index is -0.128. The van der Waals surface area contributed by atoms with Gasteiger partial charge in [0.2, 0.25) is 5.91 Å². The number of hydrogen-bond acceptors (Lipinski definition) is 3. The van der Waals surface area contributed by atoms with Gasteiger partial charge in [0.25, 0.3) is 5.91 Å². The van der Waals surface area contributed by atoms with Gasteiger partial charge in [0.15, 0.2) is 0 Å². The van der Waals surface area contributed by atoms with E-state index in [1.165, 1.54) is 0 Å². The lowest BCUT2D eigenvalue weighted by Gasteiger charge is -2.31. The lowest BCUT2D eigenvalue weighted by Crippen LogP contribution is -2.45. The Hall–Kier alpha value is -1.88. The van der Waals surface area contributed by atoms with Crippen molar-refractivity contribution in [1.82, 2.24) is 10.2 Å². The van der Waals surface area contributed by atoms with Crippen LogP contribution in [0.4, 0.5) is 0 Å². The van der Waals surface area contributed by atoms with E-state index in [4.69, 9.17) is 4.74 Å². The predicted octanol–water partition coefficient (Wildman–Crippen LogP) is 1.36. The van der Waals surface area contributed by atoms with Gasteiger partial charge in [-0.25, -0.2) is 0 Å². The molecule has 0 saturated carbocycles. The Kier molecular flexibility index (Phi) is 5.33. The first-order chi connectivity index (χ1) is 10.1. The molecule has 1 atom stereocenters. The van der Waals surface area contributed by atoms with E-state index < -0.39 is 0 Å². The Balaban J connectivity index is 1.77. The van der Waals surface area contributed by atoms with E-state index in [1.807, 2.05) is 32.0 Å². The Morgan fingerprint density at radius 3 is 2.86 bits per heavy atom. The number of rotatable bonds is 4. The summed E-state index contributed by atoms with van der Waals surface area (Å²) in [6.07, 6.45) is 0.411. The molecule has 0 aliphatic carbocycles. The number of hydrogen-bond donors (Lipinski definition) is 1. The Labute approximate surface area is 125 Å². The number of carbonyl (C=O) groups is 2. The molecular weight excluding hydrogens is 268 g/mol. The fourth-order valence-electron chi connectivity index (χ4n) is 2.41. The maximum absolute atomic E-state index is 12.0. The molecule has 2 rings (SSSR count). The quantitative estimate of drug-likeness (QED) is 0.911. The van der Waals surface area contributed by atoms with Crippen LogP contribution in [0.15, 0.2) is 24.3 Å². The first-order valence-electron chi connectivity index (χ1n) is 7.31. The van der Waals surface area contributed by atoms with Crippen molar-refractivity contribution in [2.75, 3.05) is 26.2 Å². The summed E-state index contributed by atoms with van der Waals surface area (Å²) in [5, 5.41) is 2.80. The van der Waals surface area contributed by atoms with Crippen LogP contribution in [0, 0.1) is 6.92 Å². The van der Waals surface area contributed by atoms with E-state index in [0.717, 1.165) is 5.56 Å². The lowest BCUT2D eigenvalue weighted by atomic mass is 10.1. The zero-order chi connectivity index (χ0) is 15.2. The van der Waals surface area contributed by atoms with E-state index in [1.54, 1.807) is 11.0 Å². The third-order valence-electron chi connectivity index (χ3n) is 3.61. The highest BCUT2D eigenvalue weighted by atomic mass is 16.5. The van der Waals surface area contributed by atoms with Crippen LogP contribution in [-0.2, 0) is 9.53 Å².